The number of pyridine rings is 1. The van der Waals surface area contributed by atoms with Crippen LogP contribution in [-0.4, -0.2) is 74.4 Å². The van der Waals surface area contributed by atoms with Crippen molar-refractivity contribution in [2.24, 2.45) is 0 Å². The lowest BCUT2D eigenvalue weighted by atomic mass is 9.90. The first kappa shape index (κ1) is 31.5. The minimum absolute atomic E-state index is 0.0654. The second kappa shape index (κ2) is 13.8. The van der Waals surface area contributed by atoms with Gasteiger partial charge in [0.15, 0.2) is 18.4 Å². The molecule has 3 unspecified atom stereocenters. The highest BCUT2D eigenvalue weighted by molar-refractivity contribution is 8.00. The van der Waals surface area contributed by atoms with E-state index in [1.54, 1.807) is 13.0 Å². The first-order valence-electron chi connectivity index (χ1n) is 13.9. The Morgan fingerprint density at radius 3 is 2.43 bits per heavy atom. The number of esters is 2. The molecular weight excluding hydrogens is 604 g/mol. The summed E-state index contributed by atoms with van der Waals surface area (Å²) in [5.74, 6) is -1.62. The quantitative estimate of drug-likeness (QED) is 0.0796. The maximum atomic E-state index is 14.1. The molecule has 3 aromatic rings. The largest absolute Gasteiger partial charge is 0.458 e. The second-order valence-electron chi connectivity index (χ2n) is 10.4. The highest BCUT2D eigenvalue weighted by atomic mass is 35.5. The molecule has 4 atom stereocenters. The minimum Gasteiger partial charge on any atom is -0.458 e. The molecule has 0 aliphatic carbocycles. The van der Waals surface area contributed by atoms with Crippen LogP contribution in [0.25, 0.3) is 6.08 Å². The Balaban J connectivity index is 1.46. The van der Waals surface area contributed by atoms with Crippen molar-refractivity contribution < 1.29 is 33.7 Å². The van der Waals surface area contributed by atoms with E-state index in [0.29, 0.717) is 11.3 Å². The number of hydrogen-bond acceptors (Lipinski definition) is 9. The van der Waals surface area contributed by atoms with Crippen molar-refractivity contribution in [2.45, 2.75) is 36.3 Å². The van der Waals surface area contributed by atoms with E-state index in [2.05, 4.69) is 11.6 Å². The summed E-state index contributed by atoms with van der Waals surface area (Å²) in [7, 11) is 0. The van der Waals surface area contributed by atoms with Gasteiger partial charge >= 0.3 is 11.9 Å². The predicted octanol–water partition coefficient (Wildman–Crippen LogP) is 4.76. The molecule has 1 amide bonds. The standard InChI is InChI=1S/C33H31ClN2O7S/c1-3-16-41-31(39)23-14-15-35-24(17-23)18-25-29(38)36-28(33(2,20-44-30(25)36)43-26(37)19-34)32(40)42-27(21-10-6-4-7-11-21)22-12-8-5-9-13-22/h3-15,17-18,26-28,30,37H,1,16,19-20H2,2H3/b25-18-/t26?,28-,30?,33?/m0/s1. The minimum atomic E-state index is -1.37. The number of carbonyl (C=O) groups excluding carboxylic acids is 3. The molecular formula is C33H31ClN2O7S. The maximum absolute atomic E-state index is 14.1. The Labute approximate surface area is 264 Å². The number of alkyl halides is 1. The van der Waals surface area contributed by atoms with Gasteiger partial charge in [-0.05, 0) is 36.3 Å². The van der Waals surface area contributed by atoms with Crippen LogP contribution in [-0.2, 0) is 23.8 Å². The van der Waals surface area contributed by atoms with Crippen LogP contribution < -0.4 is 0 Å². The predicted molar refractivity (Wildman–Crippen MR) is 167 cm³/mol. The van der Waals surface area contributed by atoms with Crippen LogP contribution in [0, 0.1) is 0 Å². The van der Waals surface area contributed by atoms with Crippen molar-refractivity contribution in [3.05, 3.63) is 120 Å². The maximum Gasteiger partial charge on any atom is 0.338 e. The number of β-lactam (4-membered cyclic amide) rings is 1. The summed E-state index contributed by atoms with van der Waals surface area (Å²) in [6.45, 7) is 5.26. The number of aliphatic hydroxyl groups excluding tert-OH is 1. The molecule has 0 spiro atoms. The number of fused-ring (bicyclic) bond motifs is 1. The third-order valence-corrected chi connectivity index (χ3v) is 9.04. The van der Waals surface area contributed by atoms with Crippen molar-refractivity contribution in [1.82, 2.24) is 9.88 Å². The van der Waals surface area contributed by atoms with Crippen molar-refractivity contribution >= 4 is 47.3 Å². The molecule has 9 nitrogen and oxygen atoms in total. The summed E-state index contributed by atoms with van der Waals surface area (Å²) >= 11 is 7.23. The molecule has 11 heteroatoms. The molecule has 44 heavy (non-hydrogen) atoms. The summed E-state index contributed by atoms with van der Waals surface area (Å²) in [4.78, 5) is 45.9. The second-order valence-corrected chi connectivity index (χ2v) is 11.8. The van der Waals surface area contributed by atoms with E-state index in [1.165, 1.54) is 41.1 Å². The first-order valence-corrected chi connectivity index (χ1v) is 15.5. The van der Waals surface area contributed by atoms with Gasteiger partial charge in [0.2, 0.25) is 0 Å². The van der Waals surface area contributed by atoms with E-state index < -0.39 is 47.3 Å². The van der Waals surface area contributed by atoms with Crippen LogP contribution in [0.1, 0.15) is 40.2 Å². The van der Waals surface area contributed by atoms with E-state index >= 15 is 0 Å². The number of rotatable bonds is 11. The molecule has 2 aromatic carbocycles. The van der Waals surface area contributed by atoms with Crippen molar-refractivity contribution in [3.8, 4) is 0 Å². The third kappa shape index (κ3) is 6.58. The zero-order valence-corrected chi connectivity index (χ0v) is 25.4. The van der Waals surface area contributed by atoms with Gasteiger partial charge in [0, 0.05) is 11.9 Å². The molecule has 0 saturated carbocycles. The molecule has 1 N–H and O–H groups in total. The average molecular weight is 635 g/mol. The van der Waals surface area contributed by atoms with Gasteiger partial charge in [0.05, 0.1) is 22.7 Å². The number of aliphatic hydroxyl groups is 1. The average Bonchev–Trinajstić information content (AvgIpc) is 3.05. The third-order valence-electron chi connectivity index (χ3n) is 7.24. The highest BCUT2D eigenvalue weighted by Crippen LogP contribution is 2.48. The molecule has 2 aliphatic rings. The first-order chi connectivity index (χ1) is 21.3. The van der Waals surface area contributed by atoms with E-state index in [4.69, 9.17) is 25.8 Å². The van der Waals surface area contributed by atoms with Crippen molar-refractivity contribution in [2.75, 3.05) is 18.2 Å². The summed E-state index contributed by atoms with van der Waals surface area (Å²) in [6, 6.07) is 20.5. The number of thioether (sulfide) groups is 1. The normalized spacial score (nSPS) is 22.6. The molecule has 1 aromatic heterocycles. The molecule has 3 heterocycles. The van der Waals surface area contributed by atoms with Gasteiger partial charge in [-0.1, -0.05) is 73.3 Å². The monoisotopic (exact) mass is 634 g/mol. The number of amides is 1. The SMILES string of the molecule is C=CCOC(=O)c1ccnc(/C=C2/C(=O)N3C2SCC(C)(OC(O)CCl)[C@@H]3C(=O)OC(c2ccccc2)c2ccccc2)c1. The van der Waals surface area contributed by atoms with Gasteiger partial charge in [-0.3, -0.25) is 9.78 Å². The molecule has 0 radical (unpaired) electrons. The van der Waals surface area contributed by atoms with Gasteiger partial charge in [0.25, 0.3) is 5.91 Å². The number of aromatic nitrogens is 1. The van der Waals surface area contributed by atoms with Crippen molar-refractivity contribution in [3.63, 3.8) is 0 Å². The number of ether oxygens (including phenoxy) is 3. The van der Waals surface area contributed by atoms with Crippen LogP contribution in [0.3, 0.4) is 0 Å². The van der Waals surface area contributed by atoms with E-state index in [1.807, 2.05) is 60.7 Å². The Hall–Kier alpha value is -3.96. The molecule has 2 aliphatic heterocycles. The van der Waals surface area contributed by atoms with E-state index in [9.17, 15) is 19.5 Å². The summed E-state index contributed by atoms with van der Waals surface area (Å²) in [6.07, 6.45) is 2.40. The lowest BCUT2D eigenvalue weighted by Gasteiger charge is -2.55. The van der Waals surface area contributed by atoms with Crippen LogP contribution >= 0.6 is 23.4 Å². The molecule has 2 saturated heterocycles. The smallest absolute Gasteiger partial charge is 0.338 e. The number of nitrogens with zero attached hydrogens (tertiary/aromatic N) is 2. The highest BCUT2D eigenvalue weighted by Gasteiger charge is 2.60. The Morgan fingerprint density at radius 2 is 1.82 bits per heavy atom. The van der Waals surface area contributed by atoms with Gasteiger partial charge in [0.1, 0.15) is 17.6 Å². The Bertz CT molecular complexity index is 1510. The van der Waals surface area contributed by atoms with E-state index in [-0.39, 0.29) is 23.8 Å². The van der Waals surface area contributed by atoms with Crippen molar-refractivity contribution in [1.29, 1.82) is 0 Å². The summed E-state index contributed by atoms with van der Waals surface area (Å²) in [5.41, 5.74) is 1.25. The molecule has 5 rings (SSSR count). The van der Waals surface area contributed by atoms with Crippen LogP contribution in [0.15, 0.2) is 97.2 Å². The van der Waals surface area contributed by atoms with Gasteiger partial charge in [-0.2, -0.15) is 0 Å². The van der Waals surface area contributed by atoms with E-state index in [0.717, 1.165) is 11.1 Å². The molecule has 228 valence electrons. The van der Waals surface area contributed by atoms with Crippen LogP contribution in [0.2, 0.25) is 0 Å². The van der Waals surface area contributed by atoms with Gasteiger partial charge in [-0.15, -0.1) is 23.4 Å². The molecule has 0 bridgehead atoms. The summed E-state index contributed by atoms with van der Waals surface area (Å²) in [5, 5.41) is 9.82. The summed E-state index contributed by atoms with van der Waals surface area (Å²) < 4.78 is 17.2. The lowest BCUT2D eigenvalue weighted by Crippen LogP contribution is -2.72. The number of hydrogen-bond donors (Lipinski definition) is 1. The number of carbonyl (C=O) groups is 3. The number of benzene rings is 2. The zero-order chi connectivity index (χ0) is 31.3. The lowest BCUT2D eigenvalue weighted by molar-refractivity contribution is -0.205. The van der Waals surface area contributed by atoms with Gasteiger partial charge in [-0.25, -0.2) is 9.59 Å². The fraction of sp³-hybridized carbons (Fsp3) is 0.273. The van der Waals surface area contributed by atoms with Gasteiger partial charge < -0.3 is 24.2 Å². The Morgan fingerprint density at radius 1 is 1.16 bits per heavy atom. The zero-order valence-electron chi connectivity index (χ0n) is 23.9. The fourth-order valence-corrected chi connectivity index (χ4v) is 6.72. The fourth-order valence-electron chi connectivity index (χ4n) is 5.22. The molecule has 2 fully saturated rings. The Kier molecular flexibility index (Phi) is 9.85. The van der Waals surface area contributed by atoms with Crippen LogP contribution in [0.5, 0.6) is 0 Å². The number of halogens is 1. The topological polar surface area (TPSA) is 115 Å². The van der Waals surface area contributed by atoms with Crippen LogP contribution in [0.4, 0.5) is 0 Å².